The quantitative estimate of drug-likeness (QED) is 0.816. The van der Waals surface area contributed by atoms with Crippen LogP contribution in [0.2, 0.25) is 0 Å². The molecule has 1 aromatic heterocycles. The maximum Gasteiger partial charge on any atom is 0.247 e. The number of nitrogens with one attached hydrogen (secondary N) is 1. The van der Waals surface area contributed by atoms with Gasteiger partial charge in [-0.3, -0.25) is 9.78 Å². The van der Waals surface area contributed by atoms with Crippen LogP contribution in [0.4, 0.5) is 5.69 Å². The third-order valence-electron chi connectivity index (χ3n) is 3.99. The van der Waals surface area contributed by atoms with E-state index in [1.165, 1.54) is 38.2 Å². The number of amides is 1. The summed E-state index contributed by atoms with van der Waals surface area (Å²) in [5.41, 5.74) is 2.89. The Balaban J connectivity index is 2.14. The van der Waals surface area contributed by atoms with Gasteiger partial charge >= 0.3 is 0 Å². The number of hydrogen-bond donors (Lipinski definition) is 1. The molecule has 0 aromatic carbocycles. The van der Waals surface area contributed by atoms with Crippen LogP contribution in [-0.2, 0) is 11.2 Å². The van der Waals surface area contributed by atoms with Crippen LogP contribution in [0.1, 0.15) is 50.3 Å². The molecule has 1 aliphatic carbocycles. The number of allylic oxidation sites excluding steroid dienone is 1. The second kappa shape index (κ2) is 7.77. The van der Waals surface area contributed by atoms with E-state index in [0.717, 1.165) is 23.4 Å². The number of rotatable bonds is 5. The van der Waals surface area contributed by atoms with Crippen LogP contribution in [0, 0.1) is 5.92 Å². The molecule has 3 heteroatoms. The van der Waals surface area contributed by atoms with Crippen LogP contribution in [0.5, 0.6) is 0 Å². The van der Waals surface area contributed by atoms with E-state index in [9.17, 15) is 4.79 Å². The lowest BCUT2D eigenvalue weighted by Gasteiger charge is -2.18. The lowest BCUT2D eigenvalue weighted by molar-refractivity contribution is -0.111. The Morgan fingerprint density at radius 2 is 2.19 bits per heavy atom. The Hall–Kier alpha value is -1.90. The molecular formula is C18H24N2O. The van der Waals surface area contributed by atoms with Gasteiger partial charge in [-0.2, -0.15) is 0 Å². The van der Waals surface area contributed by atoms with Crippen molar-refractivity contribution in [3.63, 3.8) is 0 Å². The van der Waals surface area contributed by atoms with E-state index < -0.39 is 0 Å². The fourth-order valence-electron chi connectivity index (χ4n) is 2.78. The van der Waals surface area contributed by atoms with E-state index in [1.807, 2.05) is 6.07 Å². The largest absolute Gasteiger partial charge is 0.321 e. The maximum absolute atomic E-state index is 11.4. The van der Waals surface area contributed by atoms with Crippen LogP contribution in [-0.4, -0.2) is 10.9 Å². The fourth-order valence-corrected chi connectivity index (χ4v) is 2.78. The van der Waals surface area contributed by atoms with Crippen LogP contribution in [0.25, 0.3) is 6.08 Å². The summed E-state index contributed by atoms with van der Waals surface area (Å²) in [4.78, 5) is 15.8. The first kappa shape index (κ1) is 15.5. The number of carbonyl (C=O) groups is 1. The Morgan fingerprint density at radius 3 is 2.86 bits per heavy atom. The monoisotopic (exact) mass is 284 g/mol. The highest BCUT2D eigenvalue weighted by Gasteiger charge is 2.10. The summed E-state index contributed by atoms with van der Waals surface area (Å²) < 4.78 is 0. The highest BCUT2D eigenvalue weighted by molar-refractivity contribution is 5.98. The minimum absolute atomic E-state index is 0.205. The minimum Gasteiger partial charge on any atom is -0.321 e. The third-order valence-corrected chi connectivity index (χ3v) is 3.99. The van der Waals surface area contributed by atoms with E-state index in [4.69, 9.17) is 0 Å². The van der Waals surface area contributed by atoms with E-state index in [0.29, 0.717) is 5.92 Å². The highest BCUT2D eigenvalue weighted by atomic mass is 16.1. The summed E-state index contributed by atoms with van der Waals surface area (Å²) in [6.45, 7) is 5.56. The zero-order valence-electron chi connectivity index (χ0n) is 12.8. The lowest BCUT2D eigenvalue weighted by Crippen LogP contribution is -2.08. The van der Waals surface area contributed by atoms with Gasteiger partial charge in [0.1, 0.15) is 0 Å². The first-order valence-corrected chi connectivity index (χ1v) is 7.83. The third kappa shape index (κ3) is 4.55. The van der Waals surface area contributed by atoms with E-state index in [1.54, 1.807) is 6.20 Å². The molecule has 1 N–H and O–H groups in total. The number of pyridine rings is 1. The van der Waals surface area contributed by atoms with Gasteiger partial charge in [0.25, 0.3) is 0 Å². The molecule has 21 heavy (non-hydrogen) atoms. The zero-order chi connectivity index (χ0) is 15.1. The lowest BCUT2D eigenvalue weighted by atomic mass is 9.88. The Labute approximate surface area is 127 Å². The summed E-state index contributed by atoms with van der Waals surface area (Å²) in [5.74, 6) is 0.484. The number of hydrogen-bond acceptors (Lipinski definition) is 2. The van der Waals surface area contributed by atoms with Crippen LogP contribution < -0.4 is 5.32 Å². The average Bonchev–Trinajstić information content (AvgIpc) is 2.54. The Bertz CT molecular complexity index is 528. The fraction of sp³-hybridized carbons (Fsp3) is 0.444. The first-order valence-electron chi connectivity index (χ1n) is 7.83. The summed E-state index contributed by atoms with van der Waals surface area (Å²) in [7, 11) is 0. The molecule has 0 atom stereocenters. The van der Waals surface area contributed by atoms with E-state index >= 15 is 0 Å². The number of anilines is 1. The number of aryl methyl sites for hydroxylation is 1. The van der Waals surface area contributed by atoms with Crippen molar-refractivity contribution in [2.45, 2.75) is 45.4 Å². The molecule has 1 aliphatic rings. The van der Waals surface area contributed by atoms with Gasteiger partial charge < -0.3 is 5.32 Å². The van der Waals surface area contributed by atoms with Crippen molar-refractivity contribution in [3.05, 3.63) is 42.3 Å². The van der Waals surface area contributed by atoms with Gasteiger partial charge in [0.05, 0.1) is 11.9 Å². The van der Waals surface area contributed by atoms with Gasteiger partial charge in [-0.15, -0.1) is 0 Å². The zero-order valence-corrected chi connectivity index (χ0v) is 12.8. The summed E-state index contributed by atoms with van der Waals surface area (Å²) in [5, 5.41) is 2.77. The van der Waals surface area contributed by atoms with E-state index in [-0.39, 0.29) is 5.91 Å². The smallest absolute Gasteiger partial charge is 0.247 e. The molecule has 0 saturated heterocycles. The van der Waals surface area contributed by atoms with Crippen molar-refractivity contribution >= 4 is 17.7 Å². The van der Waals surface area contributed by atoms with Crippen molar-refractivity contribution in [1.29, 1.82) is 0 Å². The second-order valence-electron chi connectivity index (χ2n) is 5.56. The number of carbonyl (C=O) groups excluding carboxylic acids is 1. The van der Waals surface area contributed by atoms with Gasteiger partial charge in [-0.05, 0) is 42.9 Å². The molecule has 0 radical (unpaired) electrons. The molecule has 0 unspecified atom stereocenters. The summed E-state index contributed by atoms with van der Waals surface area (Å²) in [6, 6.07) is 1.99. The molecule has 1 aromatic rings. The second-order valence-corrected chi connectivity index (χ2v) is 5.56. The molecule has 1 heterocycles. The van der Waals surface area contributed by atoms with E-state index in [2.05, 4.69) is 36.0 Å². The maximum atomic E-state index is 11.4. The topological polar surface area (TPSA) is 42.0 Å². The molecule has 3 nitrogen and oxygen atoms in total. The predicted octanol–water partition coefficient (Wildman–Crippen LogP) is 4.36. The SMILES string of the molecule is C=CC(=O)Nc1cnc(CC)c(/C=C/C2CCCCC2)c1. The van der Waals surface area contributed by atoms with Crippen molar-refractivity contribution in [3.8, 4) is 0 Å². The normalized spacial score (nSPS) is 16.0. The van der Waals surface area contributed by atoms with Gasteiger partial charge in [-0.1, -0.05) is 44.9 Å². The van der Waals surface area contributed by atoms with Crippen molar-refractivity contribution in [2.24, 2.45) is 5.92 Å². The number of aromatic nitrogens is 1. The molecule has 1 fully saturated rings. The molecule has 2 rings (SSSR count). The summed E-state index contributed by atoms with van der Waals surface area (Å²) >= 11 is 0. The standard InChI is InChI=1S/C18H24N2O/c1-3-17-15(11-10-14-8-6-5-7-9-14)12-16(13-19-17)20-18(21)4-2/h4,10-14H,2-3,5-9H2,1H3,(H,20,21)/b11-10+. The van der Waals surface area contributed by atoms with Gasteiger partial charge in [-0.25, -0.2) is 0 Å². The molecule has 112 valence electrons. The predicted molar refractivity (Wildman–Crippen MR) is 88.1 cm³/mol. The minimum atomic E-state index is -0.205. The molecule has 1 amide bonds. The molecular weight excluding hydrogens is 260 g/mol. The summed E-state index contributed by atoms with van der Waals surface area (Å²) in [6.07, 6.45) is 15.0. The highest BCUT2D eigenvalue weighted by Crippen LogP contribution is 2.26. The Kier molecular flexibility index (Phi) is 5.73. The average molecular weight is 284 g/mol. The Morgan fingerprint density at radius 1 is 1.43 bits per heavy atom. The molecule has 1 saturated carbocycles. The van der Waals surface area contributed by atoms with Crippen molar-refractivity contribution in [1.82, 2.24) is 4.98 Å². The van der Waals surface area contributed by atoms with Gasteiger partial charge in [0.15, 0.2) is 0 Å². The van der Waals surface area contributed by atoms with Crippen LogP contribution in [0.15, 0.2) is 31.0 Å². The molecule has 0 aliphatic heterocycles. The van der Waals surface area contributed by atoms with Crippen LogP contribution >= 0.6 is 0 Å². The van der Waals surface area contributed by atoms with Gasteiger partial charge in [0, 0.05) is 5.69 Å². The van der Waals surface area contributed by atoms with Crippen molar-refractivity contribution < 1.29 is 4.79 Å². The molecule has 0 spiro atoms. The number of nitrogens with zero attached hydrogens (tertiary/aromatic N) is 1. The van der Waals surface area contributed by atoms with Gasteiger partial charge in [0.2, 0.25) is 5.91 Å². The van der Waals surface area contributed by atoms with Crippen molar-refractivity contribution in [2.75, 3.05) is 5.32 Å². The van der Waals surface area contributed by atoms with Crippen LogP contribution in [0.3, 0.4) is 0 Å². The molecule has 0 bridgehead atoms. The first-order chi connectivity index (χ1) is 10.2.